The average molecular weight is 375 g/mol. The van der Waals surface area contributed by atoms with Gasteiger partial charge in [-0.2, -0.15) is 5.26 Å². The lowest BCUT2D eigenvalue weighted by Gasteiger charge is -2.33. The zero-order valence-electron chi connectivity index (χ0n) is 16.6. The minimum absolute atomic E-state index is 0.182. The highest BCUT2D eigenvalue weighted by Crippen LogP contribution is 2.33. The van der Waals surface area contributed by atoms with Gasteiger partial charge in [0.15, 0.2) is 0 Å². The SMILES string of the molecule is Cc1cc(-c2nc(C#N)nc3c2ccn3C)ccc1OCC1(C)CCNCC1. The lowest BCUT2D eigenvalue weighted by atomic mass is 9.82. The first-order valence-corrected chi connectivity index (χ1v) is 9.67. The average Bonchev–Trinajstić information content (AvgIpc) is 3.08. The van der Waals surface area contributed by atoms with Crippen molar-refractivity contribution in [3.05, 3.63) is 41.9 Å². The van der Waals surface area contributed by atoms with Crippen LogP contribution in [0.4, 0.5) is 0 Å². The second kappa shape index (κ2) is 7.25. The fourth-order valence-electron chi connectivity index (χ4n) is 3.79. The third kappa shape index (κ3) is 3.46. The molecule has 4 rings (SSSR count). The van der Waals surface area contributed by atoms with E-state index in [0.717, 1.165) is 66.1 Å². The van der Waals surface area contributed by atoms with Gasteiger partial charge in [0.25, 0.3) is 0 Å². The number of benzene rings is 1. The molecule has 6 heteroatoms. The number of hydrogen-bond acceptors (Lipinski definition) is 5. The Morgan fingerprint density at radius 2 is 2.04 bits per heavy atom. The standard InChI is InChI=1S/C22H25N5O/c1-15-12-16(4-5-18(15)28-14-22(2)7-9-24-10-8-22)20-17-6-11-27(3)21(17)26-19(13-23)25-20/h4-6,11-12,24H,7-10,14H2,1-3H3. The first-order valence-electron chi connectivity index (χ1n) is 9.67. The molecule has 1 aliphatic rings. The number of nitrogens with zero attached hydrogens (tertiary/aromatic N) is 4. The summed E-state index contributed by atoms with van der Waals surface area (Å²) in [6, 6.07) is 10.2. The largest absolute Gasteiger partial charge is 0.493 e. The first kappa shape index (κ1) is 18.5. The molecular formula is C22H25N5O. The molecule has 28 heavy (non-hydrogen) atoms. The highest BCUT2D eigenvalue weighted by Gasteiger charge is 2.27. The van der Waals surface area contributed by atoms with Crippen molar-refractivity contribution in [2.45, 2.75) is 26.7 Å². The molecule has 0 radical (unpaired) electrons. The Morgan fingerprint density at radius 1 is 1.25 bits per heavy atom. The van der Waals surface area contributed by atoms with E-state index in [9.17, 15) is 5.26 Å². The highest BCUT2D eigenvalue weighted by atomic mass is 16.5. The van der Waals surface area contributed by atoms with Crippen LogP contribution >= 0.6 is 0 Å². The summed E-state index contributed by atoms with van der Waals surface area (Å²) >= 11 is 0. The number of fused-ring (bicyclic) bond motifs is 1. The van der Waals surface area contributed by atoms with E-state index in [1.165, 1.54) is 0 Å². The minimum atomic E-state index is 0.182. The Labute approximate surface area is 165 Å². The maximum atomic E-state index is 9.30. The van der Waals surface area contributed by atoms with Crippen LogP contribution in [0.25, 0.3) is 22.3 Å². The summed E-state index contributed by atoms with van der Waals surface area (Å²) < 4.78 is 8.10. The Kier molecular flexibility index (Phi) is 4.78. The lowest BCUT2D eigenvalue weighted by molar-refractivity contribution is 0.123. The number of aryl methyl sites for hydroxylation is 2. The summed E-state index contributed by atoms with van der Waals surface area (Å²) in [4.78, 5) is 8.80. The van der Waals surface area contributed by atoms with Crippen LogP contribution in [0.2, 0.25) is 0 Å². The van der Waals surface area contributed by atoms with Gasteiger partial charge < -0.3 is 14.6 Å². The van der Waals surface area contributed by atoms with Crippen molar-refractivity contribution in [3.8, 4) is 23.1 Å². The number of aromatic nitrogens is 3. The van der Waals surface area contributed by atoms with E-state index in [-0.39, 0.29) is 11.2 Å². The second-order valence-corrected chi connectivity index (χ2v) is 8.00. The topological polar surface area (TPSA) is 75.8 Å². The van der Waals surface area contributed by atoms with Crippen molar-refractivity contribution in [3.63, 3.8) is 0 Å². The zero-order valence-corrected chi connectivity index (χ0v) is 16.6. The summed E-state index contributed by atoms with van der Waals surface area (Å²) in [5.74, 6) is 1.09. The Hall–Kier alpha value is -2.91. The molecule has 0 bridgehead atoms. The van der Waals surface area contributed by atoms with E-state index in [2.05, 4.69) is 41.3 Å². The van der Waals surface area contributed by atoms with Crippen molar-refractivity contribution in [2.24, 2.45) is 12.5 Å². The summed E-state index contributed by atoms with van der Waals surface area (Å²) in [5, 5.41) is 13.7. The fourth-order valence-corrected chi connectivity index (χ4v) is 3.79. The Morgan fingerprint density at radius 3 is 2.75 bits per heavy atom. The maximum absolute atomic E-state index is 9.30. The third-order valence-electron chi connectivity index (χ3n) is 5.66. The van der Waals surface area contributed by atoms with Gasteiger partial charge in [0, 0.05) is 29.6 Å². The molecule has 6 nitrogen and oxygen atoms in total. The molecule has 0 atom stereocenters. The lowest BCUT2D eigenvalue weighted by Crippen LogP contribution is -2.38. The van der Waals surface area contributed by atoms with E-state index in [1.807, 2.05) is 36.0 Å². The molecule has 1 aliphatic heterocycles. The fraction of sp³-hybridized carbons (Fsp3) is 0.409. The van der Waals surface area contributed by atoms with E-state index >= 15 is 0 Å². The second-order valence-electron chi connectivity index (χ2n) is 8.00. The molecule has 3 aromatic rings. The number of ether oxygens (including phenoxy) is 1. The maximum Gasteiger partial charge on any atom is 0.234 e. The van der Waals surface area contributed by atoms with Gasteiger partial charge in [0.1, 0.15) is 17.5 Å². The molecule has 0 spiro atoms. The van der Waals surface area contributed by atoms with Crippen LogP contribution in [0.3, 0.4) is 0 Å². The van der Waals surface area contributed by atoms with Crippen LogP contribution in [0.1, 0.15) is 31.2 Å². The summed E-state index contributed by atoms with van der Waals surface area (Å²) in [5.41, 5.74) is 3.80. The van der Waals surface area contributed by atoms with Crippen molar-refractivity contribution >= 4 is 11.0 Å². The minimum Gasteiger partial charge on any atom is -0.493 e. The van der Waals surface area contributed by atoms with Crippen LogP contribution < -0.4 is 10.1 Å². The molecule has 1 saturated heterocycles. The van der Waals surface area contributed by atoms with Gasteiger partial charge in [-0.05, 0) is 62.7 Å². The van der Waals surface area contributed by atoms with Crippen molar-refractivity contribution in [1.82, 2.24) is 19.9 Å². The molecule has 0 unspecified atom stereocenters. The van der Waals surface area contributed by atoms with Gasteiger partial charge in [-0.3, -0.25) is 0 Å². The molecule has 1 N–H and O–H groups in total. The Bertz CT molecular complexity index is 1060. The molecule has 1 fully saturated rings. The van der Waals surface area contributed by atoms with E-state index < -0.39 is 0 Å². The predicted octanol–water partition coefficient (Wildman–Crippen LogP) is 3.58. The number of piperidine rings is 1. The third-order valence-corrected chi connectivity index (χ3v) is 5.66. The molecule has 144 valence electrons. The molecule has 0 amide bonds. The molecule has 0 saturated carbocycles. The van der Waals surface area contributed by atoms with Gasteiger partial charge in [-0.25, -0.2) is 9.97 Å². The first-order chi connectivity index (χ1) is 13.5. The van der Waals surface area contributed by atoms with Gasteiger partial charge in [0.05, 0.1) is 12.3 Å². The van der Waals surface area contributed by atoms with Crippen LogP contribution in [-0.4, -0.2) is 34.2 Å². The van der Waals surface area contributed by atoms with Crippen molar-refractivity contribution < 1.29 is 4.74 Å². The van der Waals surface area contributed by atoms with Gasteiger partial charge >= 0.3 is 0 Å². The smallest absolute Gasteiger partial charge is 0.234 e. The molecule has 0 aliphatic carbocycles. The molecule has 2 aromatic heterocycles. The van der Waals surface area contributed by atoms with Gasteiger partial charge in [0.2, 0.25) is 5.82 Å². The number of hydrogen-bond donors (Lipinski definition) is 1. The number of nitrogens with one attached hydrogen (secondary N) is 1. The van der Waals surface area contributed by atoms with Gasteiger partial charge in [-0.15, -0.1) is 0 Å². The molecule has 3 heterocycles. The highest BCUT2D eigenvalue weighted by molar-refractivity contribution is 5.91. The van der Waals surface area contributed by atoms with Crippen LogP contribution in [0.15, 0.2) is 30.5 Å². The molecule has 1 aromatic carbocycles. The van der Waals surface area contributed by atoms with Crippen molar-refractivity contribution in [1.29, 1.82) is 5.26 Å². The predicted molar refractivity (Wildman–Crippen MR) is 109 cm³/mol. The van der Waals surface area contributed by atoms with Crippen molar-refractivity contribution in [2.75, 3.05) is 19.7 Å². The van der Waals surface area contributed by atoms with Crippen LogP contribution in [0.5, 0.6) is 5.75 Å². The number of nitriles is 1. The summed E-state index contributed by atoms with van der Waals surface area (Å²) in [7, 11) is 1.92. The van der Waals surface area contributed by atoms with Gasteiger partial charge in [-0.1, -0.05) is 6.92 Å². The van der Waals surface area contributed by atoms with Crippen LogP contribution in [-0.2, 0) is 7.05 Å². The summed E-state index contributed by atoms with van der Waals surface area (Å²) in [6.07, 6.45) is 4.20. The summed E-state index contributed by atoms with van der Waals surface area (Å²) in [6.45, 7) is 7.19. The quantitative estimate of drug-likeness (QED) is 0.754. The van der Waals surface area contributed by atoms with E-state index in [0.29, 0.717) is 0 Å². The van der Waals surface area contributed by atoms with Crippen LogP contribution in [0, 0.1) is 23.7 Å². The van der Waals surface area contributed by atoms with E-state index in [1.54, 1.807) is 0 Å². The van der Waals surface area contributed by atoms with E-state index in [4.69, 9.17) is 4.74 Å². The monoisotopic (exact) mass is 375 g/mol. The molecular weight excluding hydrogens is 350 g/mol. The zero-order chi connectivity index (χ0) is 19.7. The normalized spacial score (nSPS) is 16.1. The Balaban J connectivity index is 1.63. The number of rotatable bonds is 4.